The second-order valence-electron chi connectivity index (χ2n) is 4.15. The van der Waals surface area contributed by atoms with Gasteiger partial charge in [-0.1, -0.05) is 29.3 Å². The molecule has 0 aliphatic rings. The van der Waals surface area contributed by atoms with E-state index in [2.05, 4.69) is 10.3 Å². The van der Waals surface area contributed by atoms with Gasteiger partial charge in [0.2, 0.25) is 0 Å². The molecule has 0 saturated carbocycles. The summed E-state index contributed by atoms with van der Waals surface area (Å²) in [5.41, 5.74) is -0.0312. The lowest BCUT2D eigenvalue weighted by atomic mass is 10.2. The number of aromatic nitrogens is 1. The van der Waals surface area contributed by atoms with Gasteiger partial charge in [0.25, 0.3) is 10.0 Å². The monoisotopic (exact) mass is 361 g/mol. The van der Waals surface area contributed by atoms with Gasteiger partial charge in [-0.3, -0.25) is 0 Å². The molecule has 0 aliphatic carbocycles. The number of pyridine rings is 1. The van der Waals surface area contributed by atoms with Gasteiger partial charge in [0.05, 0.1) is 5.69 Å². The molecule has 10 heteroatoms. The van der Waals surface area contributed by atoms with E-state index in [-0.39, 0.29) is 11.3 Å². The molecule has 0 spiro atoms. The SMILES string of the molecule is NS(=O)(=O)c1ncc(C(=O)O)c(Nc2cccc(Cl)c2)c1Cl. The van der Waals surface area contributed by atoms with Gasteiger partial charge in [-0.15, -0.1) is 0 Å². The fourth-order valence-electron chi connectivity index (χ4n) is 1.66. The molecule has 0 bridgehead atoms. The minimum absolute atomic E-state index is 0.143. The third-order valence-corrected chi connectivity index (χ3v) is 4.15. The van der Waals surface area contributed by atoms with E-state index >= 15 is 0 Å². The van der Waals surface area contributed by atoms with Crippen molar-refractivity contribution in [1.82, 2.24) is 4.98 Å². The van der Waals surface area contributed by atoms with E-state index in [1.807, 2.05) is 0 Å². The highest BCUT2D eigenvalue weighted by atomic mass is 35.5. The molecule has 0 aliphatic heterocycles. The number of aromatic carboxylic acids is 1. The quantitative estimate of drug-likeness (QED) is 0.768. The van der Waals surface area contributed by atoms with E-state index < -0.39 is 26.0 Å². The van der Waals surface area contributed by atoms with Crippen LogP contribution in [0, 0.1) is 0 Å². The Kier molecular flexibility index (Phi) is 4.57. The Bertz CT molecular complexity index is 855. The average molecular weight is 362 g/mol. The average Bonchev–Trinajstić information content (AvgIpc) is 2.39. The lowest BCUT2D eigenvalue weighted by Crippen LogP contribution is -2.16. The summed E-state index contributed by atoms with van der Waals surface area (Å²) in [5.74, 6) is -1.33. The minimum Gasteiger partial charge on any atom is -0.478 e. The number of carbonyl (C=O) groups is 1. The Morgan fingerprint density at radius 3 is 2.55 bits per heavy atom. The lowest BCUT2D eigenvalue weighted by molar-refractivity contribution is 0.0697. The van der Waals surface area contributed by atoms with E-state index in [0.29, 0.717) is 10.7 Å². The maximum Gasteiger partial charge on any atom is 0.339 e. The first-order valence-corrected chi connectivity index (χ1v) is 7.97. The second kappa shape index (κ2) is 6.09. The predicted molar refractivity (Wildman–Crippen MR) is 82.3 cm³/mol. The van der Waals surface area contributed by atoms with Gasteiger partial charge in [0.15, 0.2) is 5.03 Å². The Balaban J connectivity index is 2.63. The van der Waals surface area contributed by atoms with Crippen molar-refractivity contribution in [2.45, 2.75) is 5.03 Å². The van der Waals surface area contributed by atoms with Gasteiger partial charge in [-0.2, -0.15) is 0 Å². The van der Waals surface area contributed by atoms with Crippen molar-refractivity contribution in [3.05, 3.63) is 46.1 Å². The van der Waals surface area contributed by atoms with E-state index in [9.17, 15) is 18.3 Å². The van der Waals surface area contributed by atoms with Gasteiger partial charge in [-0.05, 0) is 18.2 Å². The van der Waals surface area contributed by atoms with Crippen LogP contribution in [0.25, 0.3) is 0 Å². The lowest BCUT2D eigenvalue weighted by Gasteiger charge is -2.13. The van der Waals surface area contributed by atoms with Gasteiger partial charge in [0, 0.05) is 16.9 Å². The zero-order chi connectivity index (χ0) is 16.5. The topological polar surface area (TPSA) is 122 Å². The molecule has 2 rings (SSSR count). The number of anilines is 2. The van der Waals surface area contributed by atoms with Crippen LogP contribution in [0.3, 0.4) is 0 Å². The van der Waals surface area contributed by atoms with Crippen LogP contribution in [-0.2, 0) is 10.0 Å². The zero-order valence-electron chi connectivity index (χ0n) is 10.7. The van der Waals surface area contributed by atoms with Crippen LogP contribution in [0.1, 0.15) is 10.4 Å². The van der Waals surface area contributed by atoms with Gasteiger partial charge < -0.3 is 10.4 Å². The van der Waals surface area contributed by atoms with E-state index in [0.717, 1.165) is 6.20 Å². The first-order chi connectivity index (χ1) is 10.2. The van der Waals surface area contributed by atoms with Crippen molar-refractivity contribution in [3.63, 3.8) is 0 Å². The number of sulfonamides is 1. The first-order valence-electron chi connectivity index (χ1n) is 5.67. The van der Waals surface area contributed by atoms with Crippen molar-refractivity contribution in [2.24, 2.45) is 5.14 Å². The molecule has 0 amide bonds. The second-order valence-corrected chi connectivity index (χ2v) is 6.44. The van der Waals surface area contributed by atoms with Gasteiger partial charge in [-0.25, -0.2) is 23.3 Å². The fourth-order valence-corrected chi connectivity index (χ4v) is 2.93. The highest BCUT2D eigenvalue weighted by Crippen LogP contribution is 2.33. The molecule has 0 atom stereocenters. The van der Waals surface area contributed by atoms with Crippen molar-refractivity contribution in [2.75, 3.05) is 5.32 Å². The zero-order valence-corrected chi connectivity index (χ0v) is 13.1. The maximum absolute atomic E-state index is 11.4. The standard InChI is InChI=1S/C12H9Cl2N3O4S/c13-6-2-1-3-7(4-6)17-10-8(12(18)19)5-16-11(9(10)14)22(15,20)21/h1-5H,(H,16,17)(H,18,19)(H2,15,20,21). The Morgan fingerprint density at radius 2 is 2.00 bits per heavy atom. The number of carboxylic acids is 1. The first kappa shape index (κ1) is 16.5. The molecule has 2 aromatic rings. The van der Waals surface area contributed by atoms with Crippen LogP contribution < -0.4 is 10.5 Å². The molecule has 1 aromatic carbocycles. The molecule has 0 radical (unpaired) electrons. The summed E-state index contributed by atoms with van der Waals surface area (Å²) in [6.45, 7) is 0. The van der Waals surface area contributed by atoms with Crippen molar-refractivity contribution >= 4 is 50.6 Å². The summed E-state index contributed by atoms with van der Waals surface area (Å²) in [6.07, 6.45) is 0.862. The third-order valence-electron chi connectivity index (χ3n) is 2.58. The van der Waals surface area contributed by atoms with Crippen LogP contribution in [0.5, 0.6) is 0 Å². The number of nitrogens with zero attached hydrogens (tertiary/aromatic N) is 1. The van der Waals surface area contributed by atoms with Crippen LogP contribution >= 0.6 is 23.2 Å². The molecular weight excluding hydrogens is 353 g/mol. The minimum atomic E-state index is -4.20. The number of carboxylic acid groups (broad SMARTS) is 1. The summed E-state index contributed by atoms with van der Waals surface area (Å²) in [7, 11) is -4.20. The molecule has 0 saturated heterocycles. The van der Waals surface area contributed by atoms with Crippen LogP contribution in [-0.4, -0.2) is 24.5 Å². The van der Waals surface area contributed by atoms with Crippen molar-refractivity contribution in [1.29, 1.82) is 0 Å². The Morgan fingerprint density at radius 1 is 1.32 bits per heavy atom. The largest absolute Gasteiger partial charge is 0.478 e. The van der Waals surface area contributed by atoms with Gasteiger partial charge >= 0.3 is 5.97 Å². The molecule has 1 aromatic heterocycles. The molecule has 0 unspecified atom stereocenters. The number of nitrogens with one attached hydrogen (secondary N) is 1. The highest BCUT2D eigenvalue weighted by molar-refractivity contribution is 7.89. The summed E-state index contributed by atoms with van der Waals surface area (Å²) >= 11 is 11.8. The van der Waals surface area contributed by atoms with E-state index in [1.165, 1.54) is 6.07 Å². The number of benzene rings is 1. The molecule has 22 heavy (non-hydrogen) atoms. The third kappa shape index (κ3) is 3.47. The normalized spacial score (nSPS) is 11.2. The van der Waals surface area contributed by atoms with Crippen LogP contribution in [0.15, 0.2) is 35.5 Å². The molecular formula is C12H9Cl2N3O4S. The number of hydrogen-bond donors (Lipinski definition) is 3. The number of hydrogen-bond acceptors (Lipinski definition) is 5. The molecule has 1 heterocycles. The molecule has 4 N–H and O–H groups in total. The Hall–Kier alpha value is -1.87. The molecule has 116 valence electrons. The molecule has 7 nitrogen and oxygen atoms in total. The number of nitrogens with two attached hydrogens (primary N) is 1. The van der Waals surface area contributed by atoms with E-state index in [1.54, 1.807) is 18.2 Å². The summed E-state index contributed by atoms with van der Waals surface area (Å²) in [4.78, 5) is 14.7. The number of primary sulfonamides is 1. The van der Waals surface area contributed by atoms with E-state index in [4.69, 9.17) is 28.3 Å². The molecule has 0 fully saturated rings. The van der Waals surface area contributed by atoms with Crippen molar-refractivity contribution < 1.29 is 18.3 Å². The summed E-state index contributed by atoms with van der Waals surface area (Å²) in [5, 5.41) is 16.3. The smallest absolute Gasteiger partial charge is 0.339 e. The fraction of sp³-hybridized carbons (Fsp3) is 0. The summed E-state index contributed by atoms with van der Waals surface area (Å²) < 4.78 is 22.9. The van der Waals surface area contributed by atoms with Crippen molar-refractivity contribution in [3.8, 4) is 0 Å². The predicted octanol–water partition coefficient (Wildman–Crippen LogP) is 2.48. The highest BCUT2D eigenvalue weighted by Gasteiger charge is 2.23. The van der Waals surface area contributed by atoms with Gasteiger partial charge in [0.1, 0.15) is 10.6 Å². The number of halogens is 2. The Labute approximate surface area is 135 Å². The van der Waals surface area contributed by atoms with Crippen LogP contribution in [0.4, 0.5) is 11.4 Å². The summed E-state index contributed by atoms with van der Waals surface area (Å²) in [6, 6.07) is 6.36. The van der Waals surface area contributed by atoms with Crippen LogP contribution in [0.2, 0.25) is 10.0 Å². The maximum atomic E-state index is 11.4. The number of rotatable bonds is 4.